The third-order valence-corrected chi connectivity index (χ3v) is 3.67. The zero-order valence-corrected chi connectivity index (χ0v) is 11.9. The molecule has 1 atom stereocenters. The number of nitrogens with zero attached hydrogens (tertiary/aromatic N) is 1. The molecule has 3 heteroatoms. The van der Waals surface area contributed by atoms with Crippen molar-refractivity contribution in [2.75, 3.05) is 6.54 Å². The van der Waals surface area contributed by atoms with Gasteiger partial charge in [-0.3, -0.25) is 4.79 Å². The highest BCUT2D eigenvalue weighted by molar-refractivity contribution is 5.77. The molecule has 1 fully saturated rings. The van der Waals surface area contributed by atoms with E-state index in [0.29, 0.717) is 19.0 Å². The van der Waals surface area contributed by atoms with Gasteiger partial charge in [0.25, 0.3) is 0 Å². The van der Waals surface area contributed by atoms with E-state index < -0.39 is 0 Å². The van der Waals surface area contributed by atoms with Crippen LogP contribution in [0.5, 0.6) is 0 Å². The van der Waals surface area contributed by atoms with Crippen molar-refractivity contribution >= 4 is 5.91 Å². The van der Waals surface area contributed by atoms with Crippen molar-refractivity contribution in [2.24, 2.45) is 11.7 Å². The zero-order valence-electron chi connectivity index (χ0n) is 11.9. The van der Waals surface area contributed by atoms with E-state index in [4.69, 9.17) is 5.73 Å². The number of amides is 1. The van der Waals surface area contributed by atoms with Gasteiger partial charge in [-0.1, -0.05) is 36.8 Å². The van der Waals surface area contributed by atoms with E-state index in [1.54, 1.807) is 0 Å². The summed E-state index contributed by atoms with van der Waals surface area (Å²) in [5.74, 6) is 0.521. The summed E-state index contributed by atoms with van der Waals surface area (Å²) in [5, 5.41) is 0. The zero-order chi connectivity index (χ0) is 13.8. The normalized spacial score (nSPS) is 16.2. The summed E-state index contributed by atoms with van der Waals surface area (Å²) in [6, 6.07) is 8.86. The van der Waals surface area contributed by atoms with Gasteiger partial charge < -0.3 is 10.6 Å². The lowest BCUT2D eigenvalue weighted by atomic mass is 10.1. The minimum absolute atomic E-state index is 0.252. The van der Waals surface area contributed by atoms with Crippen molar-refractivity contribution in [1.82, 2.24) is 4.90 Å². The summed E-state index contributed by atoms with van der Waals surface area (Å²) >= 11 is 0. The molecule has 0 heterocycles. The van der Waals surface area contributed by atoms with E-state index in [2.05, 4.69) is 31.2 Å². The van der Waals surface area contributed by atoms with Crippen LogP contribution in [0.4, 0.5) is 0 Å². The Morgan fingerprint density at radius 3 is 2.79 bits per heavy atom. The molecule has 1 aliphatic carbocycles. The lowest BCUT2D eigenvalue weighted by Crippen LogP contribution is -2.34. The van der Waals surface area contributed by atoms with Gasteiger partial charge in [0.15, 0.2) is 0 Å². The number of rotatable bonds is 6. The molecule has 1 saturated carbocycles. The maximum atomic E-state index is 12.4. The number of benzene rings is 1. The van der Waals surface area contributed by atoms with Crippen LogP contribution in [0.15, 0.2) is 24.3 Å². The van der Waals surface area contributed by atoms with Crippen molar-refractivity contribution in [2.45, 2.75) is 45.7 Å². The number of hydrogen-bond acceptors (Lipinski definition) is 2. The number of aryl methyl sites for hydroxylation is 1. The first-order valence-corrected chi connectivity index (χ1v) is 7.15. The third kappa shape index (κ3) is 4.06. The van der Waals surface area contributed by atoms with Gasteiger partial charge in [0.2, 0.25) is 5.91 Å². The van der Waals surface area contributed by atoms with Gasteiger partial charge in [-0.15, -0.1) is 0 Å². The Hall–Kier alpha value is -1.35. The Balaban J connectivity index is 2.02. The smallest absolute Gasteiger partial charge is 0.223 e. The van der Waals surface area contributed by atoms with Gasteiger partial charge >= 0.3 is 0 Å². The second kappa shape index (κ2) is 6.20. The second-order valence-corrected chi connectivity index (χ2v) is 5.79. The van der Waals surface area contributed by atoms with Crippen molar-refractivity contribution in [3.05, 3.63) is 35.4 Å². The van der Waals surface area contributed by atoms with Crippen molar-refractivity contribution < 1.29 is 4.79 Å². The highest BCUT2D eigenvalue weighted by atomic mass is 16.2. The Bertz CT molecular complexity index is 440. The van der Waals surface area contributed by atoms with E-state index in [1.807, 2.05) is 11.8 Å². The Morgan fingerprint density at radius 1 is 1.47 bits per heavy atom. The molecule has 0 saturated heterocycles. The first-order valence-electron chi connectivity index (χ1n) is 7.15. The summed E-state index contributed by atoms with van der Waals surface area (Å²) in [6.45, 7) is 5.44. The standard InChI is InChI=1S/C16H24N2O/c1-12-4-3-5-14(8-12)11-18(15-6-7-15)16(19)9-13(2)10-17/h3-5,8,13,15H,6-7,9-11,17H2,1-2H3/t13-/m0/s1. The van der Waals surface area contributed by atoms with E-state index in [9.17, 15) is 4.79 Å². The maximum absolute atomic E-state index is 12.4. The molecule has 0 bridgehead atoms. The molecule has 0 unspecified atom stereocenters. The van der Waals surface area contributed by atoms with Crippen LogP contribution in [0.3, 0.4) is 0 Å². The molecule has 0 aliphatic heterocycles. The van der Waals surface area contributed by atoms with Crippen LogP contribution in [-0.2, 0) is 11.3 Å². The molecule has 1 amide bonds. The van der Waals surface area contributed by atoms with Gasteiger partial charge in [0.05, 0.1) is 0 Å². The van der Waals surface area contributed by atoms with Gasteiger partial charge in [-0.05, 0) is 37.8 Å². The fourth-order valence-corrected chi connectivity index (χ4v) is 2.31. The monoisotopic (exact) mass is 260 g/mol. The van der Waals surface area contributed by atoms with Gasteiger partial charge in [-0.25, -0.2) is 0 Å². The summed E-state index contributed by atoms with van der Waals surface area (Å²) in [7, 11) is 0. The molecular formula is C16H24N2O. The van der Waals surface area contributed by atoms with Gasteiger partial charge in [0.1, 0.15) is 0 Å². The number of hydrogen-bond donors (Lipinski definition) is 1. The third-order valence-electron chi connectivity index (χ3n) is 3.67. The van der Waals surface area contributed by atoms with Crippen LogP contribution in [-0.4, -0.2) is 23.4 Å². The van der Waals surface area contributed by atoms with Crippen molar-refractivity contribution in [1.29, 1.82) is 0 Å². The molecule has 0 radical (unpaired) electrons. The molecule has 3 nitrogen and oxygen atoms in total. The first kappa shape index (κ1) is 14.1. The van der Waals surface area contributed by atoms with E-state index in [1.165, 1.54) is 11.1 Å². The van der Waals surface area contributed by atoms with E-state index >= 15 is 0 Å². The number of nitrogens with two attached hydrogens (primary N) is 1. The van der Waals surface area contributed by atoms with Gasteiger partial charge in [0, 0.05) is 19.0 Å². The summed E-state index contributed by atoms with van der Waals surface area (Å²) in [5.41, 5.74) is 8.08. The number of carbonyl (C=O) groups is 1. The largest absolute Gasteiger partial charge is 0.335 e. The van der Waals surface area contributed by atoms with Crippen LogP contribution in [0.25, 0.3) is 0 Å². The molecule has 0 aromatic heterocycles. The van der Waals surface area contributed by atoms with Gasteiger partial charge in [-0.2, -0.15) is 0 Å². The SMILES string of the molecule is Cc1cccc(CN(C(=O)C[C@H](C)CN)C2CC2)c1. The molecule has 2 rings (SSSR count). The Kier molecular flexibility index (Phi) is 4.59. The van der Waals surface area contributed by atoms with Crippen LogP contribution in [0, 0.1) is 12.8 Å². The maximum Gasteiger partial charge on any atom is 0.223 e. The first-order chi connectivity index (χ1) is 9.10. The molecule has 2 N–H and O–H groups in total. The van der Waals surface area contributed by atoms with Crippen LogP contribution < -0.4 is 5.73 Å². The Morgan fingerprint density at radius 2 is 2.21 bits per heavy atom. The topological polar surface area (TPSA) is 46.3 Å². The molecule has 1 aliphatic rings. The molecule has 1 aromatic carbocycles. The van der Waals surface area contributed by atoms with Crippen molar-refractivity contribution in [3.63, 3.8) is 0 Å². The lowest BCUT2D eigenvalue weighted by Gasteiger charge is -2.24. The fraction of sp³-hybridized carbons (Fsp3) is 0.562. The molecule has 0 spiro atoms. The predicted molar refractivity (Wildman–Crippen MR) is 77.6 cm³/mol. The average Bonchev–Trinajstić information content (AvgIpc) is 3.20. The Labute approximate surface area is 115 Å². The quantitative estimate of drug-likeness (QED) is 0.854. The minimum Gasteiger partial charge on any atom is -0.335 e. The predicted octanol–water partition coefficient (Wildman–Crippen LogP) is 2.47. The van der Waals surface area contributed by atoms with E-state index in [0.717, 1.165) is 19.4 Å². The van der Waals surface area contributed by atoms with Crippen molar-refractivity contribution in [3.8, 4) is 0 Å². The fourth-order valence-electron chi connectivity index (χ4n) is 2.31. The van der Waals surface area contributed by atoms with Crippen LogP contribution in [0.2, 0.25) is 0 Å². The molecular weight excluding hydrogens is 236 g/mol. The minimum atomic E-state index is 0.252. The number of carbonyl (C=O) groups excluding carboxylic acids is 1. The summed E-state index contributed by atoms with van der Waals surface area (Å²) in [6.07, 6.45) is 2.86. The molecule has 104 valence electrons. The lowest BCUT2D eigenvalue weighted by molar-refractivity contribution is -0.133. The summed E-state index contributed by atoms with van der Waals surface area (Å²) in [4.78, 5) is 14.4. The highest BCUT2D eigenvalue weighted by Gasteiger charge is 2.32. The van der Waals surface area contributed by atoms with E-state index in [-0.39, 0.29) is 11.8 Å². The molecule has 1 aromatic rings. The van der Waals surface area contributed by atoms with Crippen LogP contribution >= 0.6 is 0 Å². The summed E-state index contributed by atoms with van der Waals surface area (Å²) < 4.78 is 0. The second-order valence-electron chi connectivity index (χ2n) is 5.79. The molecule has 19 heavy (non-hydrogen) atoms. The average molecular weight is 260 g/mol. The van der Waals surface area contributed by atoms with Crippen LogP contribution in [0.1, 0.15) is 37.3 Å². The highest BCUT2D eigenvalue weighted by Crippen LogP contribution is 2.29.